The predicted octanol–water partition coefficient (Wildman–Crippen LogP) is 3.49. The lowest BCUT2D eigenvalue weighted by Gasteiger charge is -2.22. The van der Waals surface area contributed by atoms with Gasteiger partial charge in [0.25, 0.3) is 0 Å². The maximum Gasteiger partial charge on any atom is 0.332 e. The van der Waals surface area contributed by atoms with E-state index in [4.69, 9.17) is 14.2 Å². The zero-order valence-electron chi connectivity index (χ0n) is 12.9. The molecule has 22 heavy (non-hydrogen) atoms. The Balaban J connectivity index is 1.63. The molecule has 5 heteroatoms. The third kappa shape index (κ3) is 6.02. The van der Waals surface area contributed by atoms with Gasteiger partial charge in [-0.05, 0) is 31.9 Å². The Morgan fingerprint density at radius 1 is 1.32 bits per heavy atom. The average Bonchev–Trinajstić information content (AvgIpc) is 2.52. The Morgan fingerprint density at radius 2 is 2.09 bits per heavy atom. The van der Waals surface area contributed by atoms with Crippen molar-refractivity contribution in [1.82, 2.24) is 0 Å². The fourth-order valence-corrected chi connectivity index (χ4v) is 2.48. The van der Waals surface area contributed by atoms with Crippen molar-refractivity contribution in [3.05, 3.63) is 30.1 Å². The van der Waals surface area contributed by atoms with Crippen molar-refractivity contribution in [1.29, 1.82) is 0 Å². The molecule has 4 nitrogen and oxygen atoms in total. The molecular formula is C17H23FO4. The van der Waals surface area contributed by atoms with Crippen LogP contribution in [-0.4, -0.2) is 31.4 Å². The van der Waals surface area contributed by atoms with Crippen LogP contribution in [0, 0.1) is 5.82 Å². The van der Waals surface area contributed by atoms with Crippen LogP contribution in [0.1, 0.15) is 39.0 Å². The monoisotopic (exact) mass is 310 g/mol. The highest BCUT2D eigenvalue weighted by Crippen LogP contribution is 2.20. The Morgan fingerprint density at radius 3 is 2.82 bits per heavy atom. The second-order valence-electron chi connectivity index (χ2n) is 5.64. The molecule has 0 spiro atoms. The number of carbonyl (C=O) groups excluding carboxylic acids is 1. The molecule has 0 amide bonds. The molecule has 0 bridgehead atoms. The molecule has 0 N–H and O–H groups in total. The van der Waals surface area contributed by atoms with Crippen LogP contribution in [0.2, 0.25) is 0 Å². The summed E-state index contributed by atoms with van der Waals surface area (Å²) in [7, 11) is 0. The molecule has 1 aromatic rings. The molecule has 0 aromatic heterocycles. The summed E-state index contributed by atoms with van der Waals surface area (Å²) in [6.45, 7) is 1.89. The molecule has 1 saturated carbocycles. The molecule has 0 heterocycles. The Bertz CT molecular complexity index is 471. The standard InChI is InChI=1S/C17H23FO4/c1-13(11-20-16-9-5-6-14(18)10-16)22-17(19)12-21-15-7-3-2-4-8-15/h5-6,9-10,13,15H,2-4,7-8,11-12H2,1H3. The van der Waals surface area contributed by atoms with E-state index in [0.717, 1.165) is 25.7 Å². The first-order chi connectivity index (χ1) is 10.6. The van der Waals surface area contributed by atoms with Gasteiger partial charge in [0, 0.05) is 6.07 Å². The fraction of sp³-hybridized carbons (Fsp3) is 0.588. The van der Waals surface area contributed by atoms with Crippen LogP contribution >= 0.6 is 0 Å². The van der Waals surface area contributed by atoms with Crippen molar-refractivity contribution >= 4 is 5.97 Å². The van der Waals surface area contributed by atoms with Crippen molar-refractivity contribution in [2.45, 2.75) is 51.2 Å². The van der Waals surface area contributed by atoms with Gasteiger partial charge >= 0.3 is 5.97 Å². The normalized spacial score (nSPS) is 17.0. The quantitative estimate of drug-likeness (QED) is 0.723. The summed E-state index contributed by atoms with van der Waals surface area (Å²) in [6.07, 6.45) is 5.39. The summed E-state index contributed by atoms with van der Waals surface area (Å²) >= 11 is 0. The Hall–Kier alpha value is -1.62. The fourth-order valence-electron chi connectivity index (χ4n) is 2.48. The summed E-state index contributed by atoms with van der Waals surface area (Å²) in [5.74, 6) is -0.328. The molecule has 0 aliphatic heterocycles. The lowest BCUT2D eigenvalue weighted by molar-refractivity contribution is -0.157. The molecule has 0 saturated heterocycles. The SMILES string of the molecule is CC(COc1cccc(F)c1)OC(=O)COC1CCCCC1. The highest BCUT2D eigenvalue weighted by Gasteiger charge is 2.17. The van der Waals surface area contributed by atoms with E-state index < -0.39 is 6.10 Å². The van der Waals surface area contributed by atoms with Gasteiger partial charge in [-0.1, -0.05) is 25.3 Å². The van der Waals surface area contributed by atoms with E-state index in [2.05, 4.69) is 0 Å². The first-order valence-electron chi connectivity index (χ1n) is 7.83. The van der Waals surface area contributed by atoms with E-state index in [-0.39, 0.29) is 31.1 Å². The van der Waals surface area contributed by atoms with Gasteiger partial charge in [0.05, 0.1) is 6.10 Å². The lowest BCUT2D eigenvalue weighted by Crippen LogP contribution is -2.27. The van der Waals surface area contributed by atoms with Gasteiger partial charge < -0.3 is 14.2 Å². The Kier molecular flexibility index (Phi) is 6.65. The van der Waals surface area contributed by atoms with E-state index in [1.165, 1.54) is 18.6 Å². The minimum absolute atomic E-state index is 0.0189. The van der Waals surface area contributed by atoms with E-state index in [1.807, 2.05) is 0 Å². The summed E-state index contributed by atoms with van der Waals surface area (Å²) in [5.41, 5.74) is 0. The molecule has 0 radical (unpaired) electrons. The van der Waals surface area contributed by atoms with E-state index >= 15 is 0 Å². The second-order valence-corrected chi connectivity index (χ2v) is 5.64. The van der Waals surface area contributed by atoms with Crippen LogP contribution in [0.25, 0.3) is 0 Å². The third-order valence-electron chi connectivity index (χ3n) is 3.60. The number of halogens is 1. The summed E-state index contributed by atoms with van der Waals surface area (Å²) in [6, 6.07) is 5.86. The predicted molar refractivity (Wildman–Crippen MR) is 80.3 cm³/mol. The molecule has 1 aromatic carbocycles. The highest BCUT2D eigenvalue weighted by atomic mass is 19.1. The van der Waals surface area contributed by atoms with Crippen molar-refractivity contribution in [2.24, 2.45) is 0 Å². The van der Waals surface area contributed by atoms with Gasteiger partial charge in [0.15, 0.2) is 0 Å². The lowest BCUT2D eigenvalue weighted by atomic mass is 9.98. The zero-order valence-corrected chi connectivity index (χ0v) is 12.9. The van der Waals surface area contributed by atoms with Crippen LogP contribution in [0.4, 0.5) is 4.39 Å². The van der Waals surface area contributed by atoms with Gasteiger partial charge in [0.1, 0.15) is 30.9 Å². The number of hydrogen-bond donors (Lipinski definition) is 0. The van der Waals surface area contributed by atoms with Crippen LogP contribution in [0.5, 0.6) is 5.75 Å². The third-order valence-corrected chi connectivity index (χ3v) is 3.60. The second kappa shape index (κ2) is 8.73. The van der Waals surface area contributed by atoms with Crippen molar-refractivity contribution < 1.29 is 23.4 Å². The number of benzene rings is 1. The molecule has 2 rings (SSSR count). The minimum Gasteiger partial charge on any atom is -0.490 e. The average molecular weight is 310 g/mol. The highest BCUT2D eigenvalue weighted by molar-refractivity contribution is 5.70. The first kappa shape index (κ1) is 16.7. The number of rotatable bonds is 7. The van der Waals surface area contributed by atoms with E-state index in [0.29, 0.717) is 5.75 Å². The summed E-state index contributed by atoms with van der Waals surface area (Å²) in [4.78, 5) is 11.7. The topological polar surface area (TPSA) is 44.8 Å². The molecule has 1 aliphatic carbocycles. The maximum atomic E-state index is 13.0. The molecule has 122 valence electrons. The number of hydrogen-bond acceptors (Lipinski definition) is 4. The van der Waals surface area contributed by atoms with Crippen LogP contribution < -0.4 is 4.74 Å². The van der Waals surface area contributed by atoms with E-state index in [9.17, 15) is 9.18 Å². The first-order valence-corrected chi connectivity index (χ1v) is 7.83. The minimum atomic E-state index is -0.411. The molecule has 1 aliphatic rings. The molecule has 1 fully saturated rings. The van der Waals surface area contributed by atoms with Crippen molar-refractivity contribution in [3.63, 3.8) is 0 Å². The van der Waals surface area contributed by atoms with Gasteiger partial charge in [-0.15, -0.1) is 0 Å². The number of esters is 1. The number of ether oxygens (including phenoxy) is 3. The van der Waals surface area contributed by atoms with Crippen molar-refractivity contribution in [2.75, 3.05) is 13.2 Å². The summed E-state index contributed by atoms with van der Waals surface area (Å²) in [5, 5.41) is 0. The van der Waals surface area contributed by atoms with E-state index in [1.54, 1.807) is 19.1 Å². The smallest absolute Gasteiger partial charge is 0.332 e. The van der Waals surface area contributed by atoms with Crippen LogP contribution in [0.3, 0.4) is 0 Å². The molecule has 1 atom stereocenters. The van der Waals surface area contributed by atoms with Gasteiger partial charge in [-0.25, -0.2) is 9.18 Å². The van der Waals surface area contributed by atoms with Crippen LogP contribution in [-0.2, 0) is 14.3 Å². The molecular weight excluding hydrogens is 287 g/mol. The van der Waals surface area contributed by atoms with Gasteiger partial charge in [-0.3, -0.25) is 0 Å². The largest absolute Gasteiger partial charge is 0.490 e. The molecule has 1 unspecified atom stereocenters. The van der Waals surface area contributed by atoms with Gasteiger partial charge in [0.2, 0.25) is 0 Å². The van der Waals surface area contributed by atoms with Crippen LogP contribution in [0.15, 0.2) is 24.3 Å². The maximum absolute atomic E-state index is 13.0. The van der Waals surface area contributed by atoms with Gasteiger partial charge in [-0.2, -0.15) is 0 Å². The summed E-state index contributed by atoms with van der Waals surface area (Å²) < 4.78 is 29.2. The number of carbonyl (C=O) groups is 1. The Labute approximate surface area is 130 Å². The van der Waals surface area contributed by atoms with Crippen molar-refractivity contribution in [3.8, 4) is 5.75 Å². The zero-order chi connectivity index (χ0) is 15.8.